The standard InChI is InChI=1S/C14H16N2O3/c17-13(8-10-4-2-1-3-5-10)16-11-6-7-12(14(18)19)15-9-11/h4,6-7,9H,1-3,5,8H2,(H,16,17)(H,18,19). The summed E-state index contributed by atoms with van der Waals surface area (Å²) in [6, 6.07) is 2.92. The molecule has 0 bridgehead atoms. The van der Waals surface area contributed by atoms with Gasteiger partial charge in [0.15, 0.2) is 0 Å². The second-order valence-electron chi connectivity index (χ2n) is 4.57. The van der Waals surface area contributed by atoms with E-state index in [2.05, 4.69) is 16.4 Å². The highest BCUT2D eigenvalue weighted by molar-refractivity contribution is 5.92. The van der Waals surface area contributed by atoms with Gasteiger partial charge in [0, 0.05) is 6.42 Å². The molecule has 19 heavy (non-hydrogen) atoms. The molecule has 0 radical (unpaired) electrons. The van der Waals surface area contributed by atoms with Crippen molar-refractivity contribution in [2.75, 3.05) is 5.32 Å². The van der Waals surface area contributed by atoms with Crippen LogP contribution in [0.3, 0.4) is 0 Å². The molecule has 0 atom stereocenters. The van der Waals surface area contributed by atoms with E-state index in [1.54, 1.807) is 6.07 Å². The molecule has 5 nitrogen and oxygen atoms in total. The number of nitrogens with one attached hydrogen (secondary N) is 1. The molecule has 1 aliphatic carbocycles. The van der Waals surface area contributed by atoms with Gasteiger partial charge in [-0.3, -0.25) is 4.79 Å². The van der Waals surface area contributed by atoms with E-state index in [9.17, 15) is 9.59 Å². The average Bonchev–Trinajstić information content (AvgIpc) is 2.40. The lowest BCUT2D eigenvalue weighted by Crippen LogP contribution is -2.13. The van der Waals surface area contributed by atoms with Gasteiger partial charge in [-0.2, -0.15) is 0 Å². The minimum absolute atomic E-state index is 0.0343. The smallest absolute Gasteiger partial charge is 0.354 e. The van der Waals surface area contributed by atoms with Crippen molar-refractivity contribution < 1.29 is 14.7 Å². The molecule has 0 aliphatic heterocycles. The molecule has 0 saturated carbocycles. The van der Waals surface area contributed by atoms with Crippen molar-refractivity contribution in [3.63, 3.8) is 0 Å². The minimum Gasteiger partial charge on any atom is -0.477 e. The summed E-state index contributed by atoms with van der Waals surface area (Å²) in [6.45, 7) is 0. The lowest BCUT2D eigenvalue weighted by Gasteiger charge is -2.12. The van der Waals surface area contributed by atoms with Crippen molar-refractivity contribution >= 4 is 17.6 Å². The number of nitrogens with zero attached hydrogens (tertiary/aromatic N) is 1. The Morgan fingerprint density at radius 2 is 2.16 bits per heavy atom. The summed E-state index contributed by atoms with van der Waals surface area (Å²) in [4.78, 5) is 26.2. The van der Waals surface area contributed by atoms with E-state index in [1.165, 1.54) is 24.3 Å². The normalized spacial score (nSPS) is 14.6. The maximum absolute atomic E-state index is 11.8. The van der Waals surface area contributed by atoms with Crippen LogP contribution in [0.5, 0.6) is 0 Å². The number of carboxylic acids is 1. The van der Waals surface area contributed by atoms with Crippen LogP contribution in [0.4, 0.5) is 5.69 Å². The number of rotatable bonds is 4. The number of anilines is 1. The fraction of sp³-hybridized carbons (Fsp3) is 0.357. The first-order chi connectivity index (χ1) is 9.15. The van der Waals surface area contributed by atoms with Crippen LogP contribution in [0.25, 0.3) is 0 Å². The Morgan fingerprint density at radius 3 is 2.74 bits per heavy atom. The highest BCUT2D eigenvalue weighted by Gasteiger charge is 2.10. The molecular formula is C14H16N2O3. The van der Waals surface area contributed by atoms with Crippen LogP contribution in [-0.4, -0.2) is 22.0 Å². The lowest BCUT2D eigenvalue weighted by atomic mass is 9.97. The monoisotopic (exact) mass is 260 g/mol. The summed E-state index contributed by atoms with van der Waals surface area (Å²) in [7, 11) is 0. The Labute approximate surface area is 111 Å². The first-order valence-corrected chi connectivity index (χ1v) is 6.32. The van der Waals surface area contributed by atoms with Crippen molar-refractivity contribution in [1.82, 2.24) is 4.98 Å². The predicted octanol–water partition coefficient (Wildman–Crippen LogP) is 2.61. The number of allylic oxidation sites excluding steroid dienone is 1. The fourth-order valence-corrected chi connectivity index (χ4v) is 2.07. The van der Waals surface area contributed by atoms with Crippen molar-refractivity contribution in [3.8, 4) is 0 Å². The molecule has 1 amide bonds. The zero-order chi connectivity index (χ0) is 13.7. The van der Waals surface area contributed by atoms with E-state index in [0.29, 0.717) is 12.1 Å². The first-order valence-electron chi connectivity index (χ1n) is 6.32. The summed E-state index contributed by atoms with van der Waals surface area (Å²) in [5, 5.41) is 11.4. The number of carbonyl (C=O) groups is 2. The first kappa shape index (κ1) is 13.3. The van der Waals surface area contributed by atoms with Crippen LogP contribution in [0.15, 0.2) is 30.0 Å². The van der Waals surface area contributed by atoms with E-state index in [0.717, 1.165) is 19.3 Å². The maximum Gasteiger partial charge on any atom is 0.354 e. The van der Waals surface area contributed by atoms with E-state index >= 15 is 0 Å². The summed E-state index contributed by atoms with van der Waals surface area (Å²) >= 11 is 0. The van der Waals surface area contributed by atoms with Crippen LogP contribution < -0.4 is 5.32 Å². The average molecular weight is 260 g/mol. The lowest BCUT2D eigenvalue weighted by molar-refractivity contribution is -0.115. The third-order valence-corrected chi connectivity index (χ3v) is 3.04. The molecular weight excluding hydrogens is 244 g/mol. The van der Waals surface area contributed by atoms with Crippen LogP contribution in [0.1, 0.15) is 42.6 Å². The van der Waals surface area contributed by atoms with Crippen LogP contribution in [0, 0.1) is 0 Å². The molecule has 0 unspecified atom stereocenters. The molecule has 0 spiro atoms. The molecule has 2 N–H and O–H groups in total. The van der Waals surface area contributed by atoms with Crippen LogP contribution in [0.2, 0.25) is 0 Å². The molecule has 0 aromatic carbocycles. The number of carbonyl (C=O) groups excluding carboxylic acids is 1. The summed E-state index contributed by atoms with van der Waals surface area (Å²) in [5.74, 6) is -1.16. The maximum atomic E-state index is 11.8. The second-order valence-corrected chi connectivity index (χ2v) is 4.57. The largest absolute Gasteiger partial charge is 0.477 e. The van der Waals surface area contributed by atoms with Crippen molar-refractivity contribution in [1.29, 1.82) is 0 Å². The molecule has 1 aromatic rings. The molecule has 2 rings (SSSR count). The van der Waals surface area contributed by atoms with E-state index < -0.39 is 5.97 Å². The number of carboxylic acid groups (broad SMARTS) is 1. The highest BCUT2D eigenvalue weighted by Crippen LogP contribution is 2.20. The predicted molar refractivity (Wildman–Crippen MR) is 71.0 cm³/mol. The van der Waals surface area contributed by atoms with Crippen LogP contribution in [-0.2, 0) is 4.79 Å². The SMILES string of the molecule is O=C(CC1=CCCCC1)Nc1ccc(C(=O)O)nc1. The molecule has 1 heterocycles. The Bertz CT molecular complexity index is 506. The number of amides is 1. The Balaban J connectivity index is 1.91. The van der Waals surface area contributed by atoms with E-state index in [1.807, 2.05) is 0 Å². The highest BCUT2D eigenvalue weighted by atomic mass is 16.4. The van der Waals surface area contributed by atoms with E-state index in [4.69, 9.17) is 5.11 Å². The number of hydrogen-bond acceptors (Lipinski definition) is 3. The van der Waals surface area contributed by atoms with Gasteiger partial charge in [-0.1, -0.05) is 11.6 Å². The van der Waals surface area contributed by atoms with Gasteiger partial charge < -0.3 is 10.4 Å². The van der Waals surface area contributed by atoms with Crippen molar-refractivity contribution in [3.05, 3.63) is 35.7 Å². The molecule has 0 saturated heterocycles. The molecule has 1 aliphatic rings. The second kappa shape index (κ2) is 6.13. The molecule has 1 aromatic heterocycles. The fourth-order valence-electron chi connectivity index (χ4n) is 2.07. The Hall–Kier alpha value is -2.17. The van der Waals surface area contributed by atoms with Gasteiger partial charge in [0.05, 0.1) is 11.9 Å². The summed E-state index contributed by atoms with van der Waals surface area (Å²) < 4.78 is 0. The minimum atomic E-state index is -1.08. The van der Waals surface area contributed by atoms with Gasteiger partial charge in [-0.05, 0) is 37.8 Å². The van der Waals surface area contributed by atoms with Gasteiger partial charge in [0.2, 0.25) is 5.91 Å². The Kier molecular flexibility index (Phi) is 4.28. The summed E-state index contributed by atoms with van der Waals surface area (Å²) in [6.07, 6.45) is 8.28. The number of aromatic carboxylic acids is 1. The molecule has 100 valence electrons. The number of hydrogen-bond donors (Lipinski definition) is 2. The van der Waals surface area contributed by atoms with E-state index in [-0.39, 0.29) is 11.6 Å². The zero-order valence-electron chi connectivity index (χ0n) is 10.6. The van der Waals surface area contributed by atoms with Crippen LogP contribution >= 0.6 is 0 Å². The quantitative estimate of drug-likeness (QED) is 0.815. The number of pyridine rings is 1. The van der Waals surface area contributed by atoms with Gasteiger partial charge in [0.25, 0.3) is 0 Å². The Morgan fingerprint density at radius 1 is 1.32 bits per heavy atom. The van der Waals surface area contributed by atoms with Crippen molar-refractivity contribution in [2.45, 2.75) is 32.1 Å². The topological polar surface area (TPSA) is 79.3 Å². The molecule has 0 fully saturated rings. The molecule has 5 heteroatoms. The number of aromatic nitrogens is 1. The third-order valence-electron chi connectivity index (χ3n) is 3.04. The van der Waals surface area contributed by atoms with Gasteiger partial charge >= 0.3 is 5.97 Å². The van der Waals surface area contributed by atoms with Gasteiger partial charge in [-0.15, -0.1) is 0 Å². The van der Waals surface area contributed by atoms with Gasteiger partial charge in [-0.25, -0.2) is 9.78 Å². The third kappa shape index (κ3) is 3.91. The summed E-state index contributed by atoms with van der Waals surface area (Å²) in [5.41, 5.74) is 1.67. The zero-order valence-corrected chi connectivity index (χ0v) is 10.6. The van der Waals surface area contributed by atoms with Gasteiger partial charge in [0.1, 0.15) is 5.69 Å². The van der Waals surface area contributed by atoms with Crippen molar-refractivity contribution in [2.24, 2.45) is 0 Å².